The molecular formula is C29H42N6O6S. The van der Waals surface area contributed by atoms with Gasteiger partial charge in [-0.1, -0.05) is 25.5 Å². The number of aryl methyl sites for hydroxylation is 1. The van der Waals surface area contributed by atoms with Crippen molar-refractivity contribution in [2.45, 2.75) is 82.4 Å². The number of thiol groups is 1. The highest BCUT2D eigenvalue weighted by Gasteiger charge is 2.51. The van der Waals surface area contributed by atoms with Crippen LogP contribution in [0.5, 0.6) is 0 Å². The maximum Gasteiger partial charge on any atom is 0.312 e. The van der Waals surface area contributed by atoms with Gasteiger partial charge in [0.15, 0.2) is 0 Å². The number of benzene rings is 1. The third-order valence-corrected chi connectivity index (χ3v) is 8.26. The van der Waals surface area contributed by atoms with Crippen molar-refractivity contribution in [3.8, 4) is 0 Å². The molecule has 42 heavy (non-hydrogen) atoms. The Morgan fingerprint density at radius 2 is 1.69 bits per heavy atom. The molecule has 1 aliphatic heterocycles. The highest BCUT2D eigenvalue weighted by Crippen LogP contribution is 2.41. The number of rotatable bonds is 16. The molecule has 1 heterocycles. The lowest BCUT2D eigenvalue weighted by atomic mass is 9.67. The number of amides is 7. The average molecular weight is 603 g/mol. The number of anilines is 1. The van der Waals surface area contributed by atoms with Gasteiger partial charge in [0.2, 0.25) is 29.5 Å². The molecule has 7 amide bonds. The summed E-state index contributed by atoms with van der Waals surface area (Å²) in [6, 6.07) is 5.82. The van der Waals surface area contributed by atoms with Crippen LogP contribution in [-0.2, 0) is 30.4 Å². The number of hydrogen-bond acceptors (Lipinski definition) is 7. The van der Waals surface area contributed by atoms with E-state index in [0.717, 1.165) is 12.0 Å². The van der Waals surface area contributed by atoms with E-state index in [-0.39, 0.29) is 37.1 Å². The highest BCUT2D eigenvalue weighted by molar-refractivity contribution is 7.81. The molecule has 2 unspecified atom stereocenters. The second-order valence-corrected chi connectivity index (χ2v) is 11.5. The van der Waals surface area contributed by atoms with Gasteiger partial charge in [-0.15, -0.1) is 0 Å². The molecule has 2 fully saturated rings. The molecule has 13 heteroatoms. The summed E-state index contributed by atoms with van der Waals surface area (Å²) < 4.78 is 0. The smallest absolute Gasteiger partial charge is 0.312 e. The van der Waals surface area contributed by atoms with Gasteiger partial charge >= 0.3 is 6.03 Å². The van der Waals surface area contributed by atoms with Crippen LogP contribution in [0.2, 0.25) is 0 Å². The Morgan fingerprint density at radius 3 is 2.26 bits per heavy atom. The van der Waals surface area contributed by atoms with Crippen LogP contribution in [0, 0.1) is 5.41 Å². The summed E-state index contributed by atoms with van der Waals surface area (Å²) in [6.07, 6.45) is 5.01. The van der Waals surface area contributed by atoms with Gasteiger partial charge < -0.3 is 27.0 Å². The zero-order chi connectivity index (χ0) is 30.7. The number of nitrogens with one attached hydrogen (secondary N) is 4. The Bertz CT molecular complexity index is 1160. The number of nitrogens with two attached hydrogens (primary N) is 1. The van der Waals surface area contributed by atoms with Gasteiger partial charge in [0.05, 0.1) is 5.25 Å². The van der Waals surface area contributed by atoms with E-state index < -0.39 is 34.6 Å². The van der Waals surface area contributed by atoms with Crippen LogP contribution in [0.15, 0.2) is 24.3 Å². The van der Waals surface area contributed by atoms with Crippen molar-refractivity contribution in [2.75, 3.05) is 25.0 Å². The number of likely N-dealkylation sites (tertiary alicyclic amines) is 1. The van der Waals surface area contributed by atoms with E-state index in [9.17, 15) is 28.8 Å². The van der Waals surface area contributed by atoms with Crippen molar-refractivity contribution < 1.29 is 28.8 Å². The van der Waals surface area contributed by atoms with Crippen LogP contribution in [0.1, 0.15) is 70.3 Å². The van der Waals surface area contributed by atoms with E-state index in [2.05, 4.69) is 33.9 Å². The summed E-state index contributed by atoms with van der Waals surface area (Å²) in [7, 11) is 0. The molecule has 1 saturated carbocycles. The first kappa shape index (κ1) is 32.9. The molecular weight excluding hydrogens is 560 g/mol. The number of nitrogens with zero attached hydrogens (tertiary/aromatic N) is 1. The molecule has 0 aromatic heterocycles. The molecule has 12 nitrogen and oxygen atoms in total. The van der Waals surface area contributed by atoms with E-state index in [4.69, 9.17) is 5.73 Å². The molecule has 1 aromatic carbocycles. The van der Waals surface area contributed by atoms with E-state index >= 15 is 0 Å². The van der Waals surface area contributed by atoms with Gasteiger partial charge in [-0.05, 0) is 69.1 Å². The van der Waals surface area contributed by atoms with Gasteiger partial charge in [-0.2, -0.15) is 12.6 Å². The first-order valence-electron chi connectivity index (χ1n) is 14.6. The van der Waals surface area contributed by atoms with E-state index in [1.807, 2.05) is 19.1 Å². The van der Waals surface area contributed by atoms with Crippen LogP contribution >= 0.6 is 12.6 Å². The minimum Gasteiger partial charge on any atom is -0.355 e. The number of carbonyl (C=O) groups excluding carboxylic acids is 6. The summed E-state index contributed by atoms with van der Waals surface area (Å²) in [6.45, 7) is 2.95. The van der Waals surface area contributed by atoms with Crippen molar-refractivity contribution in [2.24, 2.45) is 11.1 Å². The zero-order valence-corrected chi connectivity index (χ0v) is 25.0. The fraction of sp³-hybridized carbons (Fsp3) is 0.586. The average Bonchev–Trinajstić information content (AvgIpc) is 3.17. The van der Waals surface area contributed by atoms with Crippen LogP contribution in [0.3, 0.4) is 0 Å². The molecule has 230 valence electrons. The SMILES string of the molecule is CCc1ccc(NC(=O)C(CCCNC(N)=O)NC(=O)C2(C(=O)NCCCCCN3C(=O)CC(S)C3=O)CCC2)cc1. The molecule has 3 rings (SSSR count). The van der Waals surface area contributed by atoms with Crippen molar-refractivity contribution in [1.82, 2.24) is 20.9 Å². The second-order valence-electron chi connectivity index (χ2n) is 10.9. The lowest BCUT2D eigenvalue weighted by molar-refractivity contribution is -0.151. The van der Waals surface area contributed by atoms with Crippen molar-refractivity contribution in [1.29, 1.82) is 0 Å². The minimum atomic E-state index is -1.25. The summed E-state index contributed by atoms with van der Waals surface area (Å²) in [5.41, 5.74) is 5.59. The first-order chi connectivity index (χ1) is 20.1. The lowest BCUT2D eigenvalue weighted by Gasteiger charge is -2.39. The van der Waals surface area contributed by atoms with Gasteiger partial charge in [-0.3, -0.25) is 28.9 Å². The Kier molecular flexibility index (Phi) is 12.2. The van der Waals surface area contributed by atoms with Gasteiger partial charge in [-0.25, -0.2) is 4.79 Å². The summed E-state index contributed by atoms with van der Waals surface area (Å²) in [5.74, 6) is -1.76. The molecule has 2 atom stereocenters. The Hall–Kier alpha value is -3.61. The van der Waals surface area contributed by atoms with Crippen molar-refractivity contribution in [3.05, 3.63) is 29.8 Å². The predicted octanol–water partition coefficient (Wildman–Crippen LogP) is 1.63. The topological polar surface area (TPSA) is 180 Å². The number of urea groups is 1. The van der Waals surface area contributed by atoms with E-state index in [1.54, 1.807) is 12.1 Å². The van der Waals surface area contributed by atoms with Crippen molar-refractivity contribution >= 4 is 53.9 Å². The van der Waals surface area contributed by atoms with Crippen LogP contribution in [-0.4, -0.2) is 71.4 Å². The molecule has 6 N–H and O–H groups in total. The molecule has 0 spiro atoms. The molecule has 0 radical (unpaired) electrons. The third kappa shape index (κ3) is 8.70. The largest absolute Gasteiger partial charge is 0.355 e. The van der Waals surface area contributed by atoms with Gasteiger partial charge in [0, 0.05) is 31.7 Å². The summed E-state index contributed by atoms with van der Waals surface area (Å²) >= 11 is 4.12. The fourth-order valence-corrected chi connectivity index (χ4v) is 5.36. The number of unbranched alkanes of at least 4 members (excludes halogenated alkanes) is 2. The standard InChI is InChI=1S/C29H42N6O6S/c1-2-19-9-11-20(12-10-19)33-24(37)21(8-6-16-32-28(30)41)34-27(40)29(13-7-14-29)26(39)31-15-4-3-5-17-35-23(36)18-22(42)25(35)38/h9-12,21-22,42H,2-8,13-18H2,1H3,(H,31,39)(H,33,37)(H,34,40)(H3,30,32,41). The number of primary amides is 1. The highest BCUT2D eigenvalue weighted by atomic mass is 32.1. The monoisotopic (exact) mass is 602 g/mol. The Labute approximate surface area is 251 Å². The van der Waals surface area contributed by atoms with Crippen LogP contribution in [0.25, 0.3) is 0 Å². The normalized spacial score (nSPS) is 18.1. The molecule has 1 aliphatic carbocycles. The summed E-state index contributed by atoms with van der Waals surface area (Å²) in [5, 5.41) is 10.4. The number of hydrogen-bond donors (Lipinski definition) is 6. The maximum absolute atomic E-state index is 13.4. The van der Waals surface area contributed by atoms with E-state index in [0.29, 0.717) is 63.7 Å². The maximum atomic E-state index is 13.4. The summed E-state index contributed by atoms with van der Waals surface area (Å²) in [4.78, 5) is 75.8. The quantitative estimate of drug-likeness (QED) is 0.0724. The zero-order valence-electron chi connectivity index (χ0n) is 24.1. The fourth-order valence-electron chi connectivity index (χ4n) is 5.07. The number of imide groups is 1. The van der Waals surface area contributed by atoms with Crippen LogP contribution in [0.4, 0.5) is 10.5 Å². The lowest BCUT2D eigenvalue weighted by Crippen LogP contribution is -2.58. The van der Waals surface area contributed by atoms with Gasteiger partial charge in [0.1, 0.15) is 11.5 Å². The Balaban J connectivity index is 1.52. The number of carbonyl (C=O) groups is 6. The molecule has 1 saturated heterocycles. The van der Waals surface area contributed by atoms with Crippen LogP contribution < -0.4 is 27.0 Å². The third-order valence-electron chi connectivity index (χ3n) is 7.86. The molecule has 0 bridgehead atoms. The first-order valence-corrected chi connectivity index (χ1v) is 15.1. The second kappa shape index (κ2) is 15.6. The Morgan fingerprint density at radius 1 is 1.00 bits per heavy atom. The molecule has 2 aliphatic rings. The predicted molar refractivity (Wildman–Crippen MR) is 160 cm³/mol. The molecule has 1 aromatic rings. The van der Waals surface area contributed by atoms with E-state index in [1.165, 1.54) is 4.90 Å². The van der Waals surface area contributed by atoms with Crippen molar-refractivity contribution in [3.63, 3.8) is 0 Å². The van der Waals surface area contributed by atoms with Gasteiger partial charge in [0.25, 0.3) is 0 Å². The minimum absolute atomic E-state index is 0.126.